The van der Waals surface area contributed by atoms with Crippen LogP contribution in [0, 0.1) is 0 Å². The molecule has 0 aromatic rings. The van der Waals surface area contributed by atoms with Crippen LogP contribution in [-0.2, 0) is 18.6 Å². The van der Waals surface area contributed by atoms with Crippen molar-refractivity contribution in [1.82, 2.24) is 0 Å². The Morgan fingerprint density at radius 2 is 2.14 bits per heavy atom. The molecule has 5 heteroatoms. The van der Waals surface area contributed by atoms with Crippen LogP contribution >= 0.6 is 8.38 Å². The van der Waals surface area contributed by atoms with Gasteiger partial charge in [-0.05, 0) is 13.3 Å². The Hall–Kier alpha value is -0.180. The molecule has 0 saturated heterocycles. The van der Waals surface area contributed by atoms with Crippen LogP contribution in [0.1, 0.15) is 33.1 Å². The topological polar surface area (TPSA) is 44.8 Å². The number of hydrogen-bond donors (Lipinski definition) is 0. The van der Waals surface area contributed by atoms with E-state index >= 15 is 0 Å². The van der Waals surface area contributed by atoms with Gasteiger partial charge < -0.3 is 9.26 Å². The van der Waals surface area contributed by atoms with Crippen molar-refractivity contribution < 1.29 is 18.6 Å². The van der Waals surface area contributed by atoms with Gasteiger partial charge in [0.15, 0.2) is 8.38 Å². The largest absolute Gasteiger partial charge is 0.438 e. The molecule has 0 fully saturated rings. The van der Waals surface area contributed by atoms with Crippen LogP contribution in [0.15, 0.2) is 0 Å². The quantitative estimate of drug-likeness (QED) is 0.342. The molecule has 4 nitrogen and oxygen atoms in total. The Labute approximate surface area is 86.8 Å². The standard InChI is InChI=1S/C9H19O4P/c1-4-6-7-9(11-8-10)13-14(3)12-5-2/h8-9H,4-7H2,1-3H3. The summed E-state index contributed by atoms with van der Waals surface area (Å²) >= 11 is 0. The first-order chi connectivity index (χ1) is 6.74. The summed E-state index contributed by atoms with van der Waals surface area (Å²) in [7, 11) is -0.932. The summed E-state index contributed by atoms with van der Waals surface area (Å²) in [5, 5.41) is 0. The van der Waals surface area contributed by atoms with Gasteiger partial charge >= 0.3 is 0 Å². The van der Waals surface area contributed by atoms with Gasteiger partial charge in [-0.3, -0.25) is 9.32 Å². The number of carbonyl (C=O) groups excluding carboxylic acids is 1. The maximum absolute atomic E-state index is 10.2. The smallest absolute Gasteiger partial charge is 0.295 e. The van der Waals surface area contributed by atoms with E-state index in [9.17, 15) is 4.79 Å². The molecule has 0 N–H and O–H groups in total. The van der Waals surface area contributed by atoms with E-state index in [2.05, 4.69) is 6.92 Å². The second-order valence-corrected chi connectivity index (χ2v) is 4.12. The Morgan fingerprint density at radius 1 is 1.43 bits per heavy atom. The van der Waals surface area contributed by atoms with E-state index in [1.54, 1.807) is 0 Å². The highest BCUT2D eigenvalue weighted by atomic mass is 31.2. The lowest BCUT2D eigenvalue weighted by Gasteiger charge is -2.19. The zero-order chi connectivity index (χ0) is 10.8. The Kier molecular flexibility index (Phi) is 9.26. The Bertz CT molecular complexity index is 143. The van der Waals surface area contributed by atoms with Gasteiger partial charge in [-0.1, -0.05) is 13.3 Å². The summed E-state index contributed by atoms with van der Waals surface area (Å²) in [4.78, 5) is 10.2. The van der Waals surface area contributed by atoms with Crippen LogP contribution in [-0.4, -0.2) is 26.0 Å². The molecule has 14 heavy (non-hydrogen) atoms. The molecule has 0 aliphatic rings. The molecular formula is C9H19O4P. The average Bonchev–Trinajstić information content (AvgIpc) is 2.15. The van der Waals surface area contributed by atoms with Crippen molar-refractivity contribution in [1.29, 1.82) is 0 Å². The molecule has 0 aromatic carbocycles. The van der Waals surface area contributed by atoms with Crippen molar-refractivity contribution in [3.05, 3.63) is 0 Å². The molecule has 0 saturated carbocycles. The fourth-order valence-corrected chi connectivity index (χ4v) is 1.87. The minimum Gasteiger partial charge on any atom is -0.438 e. The summed E-state index contributed by atoms with van der Waals surface area (Å²) < 4.78 is 15.5. The lowest BCUT2D eigenvalue weighted by molar-refractivity contribution is -0.148. The first-order valence-corrected chi connectivity index (χ1v) is 6.49. The second-order valence-electron chi connectivity index (χ2n) is 2.77. The highest BCUT2D eigenvalue weighted by Gasteiger charge is 2.13. The minimum atomic E-state index is -0.932. The van der Waals surface area contributed by atoms with Crippen molar-refractivity contribution in [2.45, 2.75) is 39.4 Å². The molecule has 0 aliphatic carbocycles. The van der Waals surface area contributed by atoms with Gasteiger partial charge in [0.25, 0.3) is 6.47 Å². The number of unbranched alkanes of at least 4 members (excludes halogenated alkanes) is 1. The molecule has 0 bridgehead atoms. The summed E-state index contributed by atoms with van der Waals surface area (Å²) in [6.45, 7) is 6.88. The van der Waals surface area contributed by atoms with Crippen molar-refractivity contribution >= 4 is 14.8 Å². The van der Waals surface area contributed by atoms with Gasteiger partial charge in [0.05, 0.1) is 6.61 Å². The van der Waals surface area contributed by atoms with Crippen molar-refractivity contribution in [2.24, 2.45) is 0 Å². The van der Waals surface area contributed by atoms with Gasteiger partial charge in [-0.25, -0.2) is 0 Å². The molecule has 0 rings (SSSR count). The molecule has 0 spiro atoms. The highest BCUT2D eigenvalue weighted by Crippen LogP contribution is 2.35. The highest BCUT2D eigenvalue weighted by molar-refractivity contribution is 7.46. The first kappa shape index (κ1) is 13.8. The van der Waals surface area contributed by atoms with Crippen LogP contribution in [0.2, 0.25) is 0 Å². The number of hydrogen-bond acceptors (Lipinski definition) is 4. The summed E-state index contributed by atoms with van der Waals surface area (Å²) in [5.41, 5.74) is 0. The molecule has 2 atom stereocenters. The SMILES string of the molecule is CCCCC(OC=O)OP(C)OCC. The van der Waals surface area contributed by atoms with E-state index in [1.165, 1.54) is 0 Å². The average molecular weight is 222 g/mol. The van der Waals surface area contributed by atoms with Crippen molar-refractivity contribution in [2.75, 3.05) is 13.3 Å². The lowest BCUT2D eigenvalue weighted by Crippen LogP contribution is -2.14. The minimum absolute atomic E-state index is 0.426. The number of rotatable bonds is 9. The van der Waals surface area contributed by atoms with Crippen LogP contribution in [0.5, 0.6) is 0 Å². The van der Waals surface area contributed by atoms with Gasteiger partial charge in [0.2, 0.25) is 6.29 Å². The monoisotopic (exact) mass is 222 g/mol. The van der Waals surface area contributed by atoms with E-state index in [0.29, 0.717) is 13.1 Å². The fraction of sp³-hybridized carbons (Fsp3) is 0.889. The summed E-state index contributed by atoms with van der Waals surface area (Å²) in [6.07, 6.45) is 2.32. The van der Waals surface area contributed by atoms with Gasteiger partial charge in [0.1, 0.15) is 0 Å². The maximum atomic E-state index is 10.2. The van der Waals surface area contributed by atoms with E-state index in [-0.39, 0.29) is 0 Å². The number of carbonyl (C=O) groups is 1. The second kappa shape index (κ2) is 9.38. The summed E-state index contributed by atoms with van der Waals surface area (Å²) in [6, 6.07) is 0. The molecule has 0 aromatic heterocycles. The Morgan fingerprint density at radius 3 is 2.64 bits per heavy atom. The molecule has 0 aliphatic heterocycles. The molecule has 0 heterocycles. The number of ether oxygens (including phenoxy) is 1. The van der Waals surface area contributed by atoms with Crippen LogP contribution in [0.3, 0.4) is 0 Å². The first-order valence-electron chi connectivity index (χ1n) is 4.87. The molecule has 2 unspecified atom stereocenters. The van der Waals surface area contributed by atoms with Crippen LogP contribution in [0.4, 0.5) is 0 Å². The van der Waals surface area contributed by atoms with Crippen LogP contribution < -0.4 is 0 Å². The van der Waals surface area contributed by atoms with Gasteiger partial charge in [-0.15, -0.1) is 0 Å². The van der Waals surface area contributed by atoms with Gasteiger partial charge in [-0.2, -0.15) is 0 Å². The molecule has 0 amide bonds. The third kappa shape index (κ3) is 7.25. The zero-order valence-electron chi connectivity index (χ0n) is 9.06. The van der Waals surface area contributed by atoms with Crippen LogP contribution in [0.25, 0.3) is 0 Å². The normalized spacial score (nSPS) is 14.8. The van der Waals surface area contributed by atoms with E-state index < -0.39 is 14.7 Å². The zero-order valence-corrected chi connectivity index (χ0v) is 9.96. The van der Waals surface area contributed by atoms with E-state index in [4.69, 9.17) is 13.8 Å². The molecule has 84 valence electrons. The molecule has 0 radical (unpaired) electrons. The predicted octanol–water partition coefficient (Wildman–Crippen LogP) is 2.67. The predicted molar refractivity (Wildman–Crippen MR) is 56.0 cm³/mol. The van der Waals surface area contributed by atoms with E-state index in [0.717, 1.165) is 19.3 Å². The maximum Gasteiger partial charge on any atom is 0.295 e. The van der Waals surface area contributed by atoms with Gasteiger partial charge in [0, 0.05) is 13.1 Å². The van der Waals surface area contributed by atoms with E-state index in [1.807, 2.05) is 13.6 Å². The lowest BCUT2D eigenvalue weighted by atomic mass is 10.2. The summed E-state index contributed by atoms with van der Waals surface area (Å²) in [5.74, 6) is 0. The third-order valence-electron chi connectivity index (χ3n) is 1.58. The Balaban J connectivity index is 3.75. The molecular weight excluding hydrogens is 203 g/mol. The van der Waals surface area contributed by atoms with Crippen molar-refractivity contribution in [3.63, 3.8) is 0 Å². The fourth-order valence-electron chi connectivity index (χ4n) is 0.956. The van der Waals surface area contributed by atoms with Crippen molar-refractivity contribution in [3.8, 4) is 0 Å². The third-order valence-corrected chi connectivity index (χ3v) is 2.73.